The van der Waals surface area contributed by atoms with Crippen LogP contribution in [-0.4, -0.2) is 35.7 Å². The van der Waals surface area contributed by atoms with Crippen molar-refractivity contribution in [2.45, 2.75) is 50.7 Å². The number of nitrogens with one attached hydrogen (secondary N) is 1. The van der Waals surface area contributed by atoms with E-state index in [4.69, 9.17) is 4.74 Å². The molecule has 2 fully saturated rings. The molecule has 1 aromatic carbocycles. The Kier molecular flexibility index (Phi) is 3.64. The summed E-state index contributed by atoms with van der Waals surface area (Å²) in [4.78, 5) is 15.0. The van der Waals surface area contributed by atoms with Crippen LogP contribution in [0.15, 0.2) is 29.8 Å². The summed E-state index contributed by atoms with van der Waals surface area (Å²) in [5, 5.41) is 3.69. The lowest BCUT2D eigenvalue weighted by atomic mass is 9.81. The minimum atomic E-state index is -0.337. The van der Waals surface area contributed by atoms with E-state index >= 15 is 0 Å². The summed E-state index contributed by atoms with van der Waals surface area (Å²) in [5.41, 5.74) is 1.92. The van der Waals surface area contributed by atoms with Crippen LogP contribution in [0.25, 0.3) is 6.08 Å². The highest BCUT2D eigenvalue weighted by molar-refractivity contribution is 5.90. The van der Waals surface area contributed by atoms with Crippen LogP contribution in [0.2, 0.25) is 0 Å². The van der Waals surface area contributed by atoms with Gasteiger partial charge >= 0.3 is 0 Å². The lowest BCUT2D eigenvalue weighted by Gasteiger charge is -2.31. The fraction of sp³-hybridized carbons (Fsp3) is 0.526. The molecular weight excluding hydrogens is 288 g/mol. The maximum atomic E-state index is 13.0. The Balaban J connectivity index is 1.66. The summed E-state index contributed by atoms with van der Waals surface area (Å²) in [6.45, 7) is 3.35. The molecule has 1 spiro atoms. The van der Waals surface area contributed by atoms with E-state index in [1.165, 1.54) is 6.42 Å². The number of carbonyl (C=O) groups is 1. The van der Waals surface area contributed by atoms with Crippen molar-refractivity contribution in [2.75, 3.05) is 13.2 Å². The number of para-hydroxylation sites is 1. The maximum Gasteiger partial charge on any atom is 0.244 e. The standard InChI is InChI=1S/C19H24N2O2/c1-2-21-17(20-19(18(21)22)10-6-3-7-11-19)15-12-14-8-4-5-9-16(14)23-13-15/h4-5,8-9,12,17,20H,2-3,6-7,10-11,13H2,1H3/t17-/m0/s1. The summed E-state index contributed by atoms with van der Waals surface area (Å²) < 4.78 is 5.91. The Hall–Kier alpha value is -1.81. The number of benzene rings is 1. The van der Waals surface area contributed by atoms with Crippen LogP contribution in [0.3, 0.4) is 0 Å². The minimum absolute atomic E-state index is 0.0287. The van der Waals surface area contributed by atoms with Gasteiger partial charge in [-0.25, -0.2) is 0 Å². The molecule has 23 heavy (non-hydrogen) atoms. The van der Waals surface area contributed by atoms with E-state index in [-0.39, 0.29) is 17.6 Å². The van der Waals surface area contributed by atoms with Crippen LogP contribution < -0.4 is 10.1 Å². The number of nitrogens with zero attached hydrogens (tertiary/aromatic N) is 1. The van der Waals surface area contributed by atoms with Gasteiger partial charge in [-0.05, 0) is 31.9 Å². The van der Waals surface area contributed by atoms with Crippen LogP contribution in [0.4, 0.5) is 0 Å². The number of carbonyl (C=O) groups excluding carboxylic acids is 1. The summed E-state index contributed by atoms with van der Waals surface area (Å²) in [6, 6.07) is 8.08. The molecule has 0 unspecified atom stereocenters. The fourth-order valence-electron chi connectivity index (χ4n) is 4.22. The second kappa shape index (κ2) is 5.68. The molecule has 2 heterocycles. The van der Waals surface area contributed by atoms with Gasteiger partial charge in [0.15, 0.2) is 0 Å². The van der Waals surface area contributed by atoms with Crippen LogP contribution in [0.5, 0.6) is 5.75 Å². The fourth-order valence-corrected chi connectivity index (χ4v) is 4.22. The van der Waals surface area contributed by atoms with Gasteiger partial charge in [-0.2, -0.15) is 0 Å². The normalized spacial score (nSPS) is 26.0. The van der Waals surface area contributed by atoms with E-state index in [1.54, 1.807) is 0 Å². The topological polar surface area (TPSA) is 41.6 Å². The van der Waals surface area contributed by atoms with Crippen molar-refractivity contribution in [3.05, 3.63) is 35.4 Å². The molecule has 4 nitrogen and oxygen atoms in total. The molecule has 0 radical (unpaired) electrons. The molecule has 4 heteroatoms. The number of hydrogen-bond donors (Lipinski definition) is 1. The first-order chi connectivity index (χ1) is 11.2. The van der Waals surface area contributed by atoms with E-state index in [1.807, 2.05) is 23.1 Å². The second-order valence-corrected chi connectivity index (χ2v) is 6.83. The number of amides is 1. The quantitative estimate of drug-likeness (QED) is 0.913. The first-order valence-corrected chi connectivity index (χ1v) is 8.74. The number of fused-ring (bicyclic) bond motifs is 1. The van der Waals surface area contributed by atoms with Crippen LogP contribution >= 0.6 is 0 Å². The molecule has 3 aliphatic rings. The maximum absolute atomic E-state index is 13.0. The van der Waals surface area contributed by atoms with Gasteiger partial charge in [-0.15, -0.1) is 0 Å². The molecule has 0 aromatic heterocycles. The number of hydrogen-bond acceptors (Lipinski definition) is 3. The number of likely N-dealkylation sites (N-methyl/N-ethyl adjacent to an activating group) is 1. The summed E-state index contributed by atoms with van der Waals surface area (Å²) in [6.07, 6.45) is 7.61. The first-order valence-electron chi connectivity index (χ1n) is 8.74. The molecule has 1 atom stereocenters. The van der Waals surface area contributed by atoms with Crippen molar-refractivity contribution < 1.29 is 9.53 Å². The van der Waals surface area contributed by atoms with E-state index in [2.05, 4.69) is 24.4 Å². The minimum Gasteiger partial charge on any atom is -0.488 e. The van der Waals surface area contributed by atoms with Crippen LogP contribution in [-0.2, 0) is 4.79 Å². The predicted molar refractivity (Wildman–Crippen MR) is 90.0 cm³/mol. The summed E-state index contributed by atoms with van der Waals surface area (Å²) >= 11 is 0. The Morgan fingerprint density at radius 1 is 1.26 bits per heavy atom. The smallest absolute Gasteiger partial charge is 0.244 e. The monoisotopic (exact) mass is 312 g/mol. The zero-order valence-corrected chi connectivity index (χ0v) is 13.7. The lowest BCUT2D eigenvalue weighted by Crippen LogP contribution is -2.49. The number of rotatable bonds is 2. The highest BCUT2D eigenvalue weighted by atomic mass is 16.5. The molecule has 1 saturated heterocycles. The SMILES string of the molecule is CCN1C(=O)C2(CCCCC2)N[C@@H]1C1=Cc2ccccc2OC1. The van der Waals surface area contributed by atoms with E-state index in [0.717, 1.165) is 49.1 Å². The highest BCUT2D eigenvalue weighted by Gasteiger charge is 2.51. The van der Waals surface area contributed by atoms with Gasteiger partial charge < -0.3 is 9.64 Å². The molecule has 1 amide bonds. The van der Waals surface area contributed by atoms with Gasteiger partial charge in [-0.3, -0.25) is 10.1 Å². The molecule has 0 bridgehead atoms. The van der Waals surface area contributed by atoms with Crippen molar-refractivity contribution in [3.8, 4) is 5.75 Å². The van der Waals surface area contributed by atoms with Gasteiger partial charge in [-0.1, -0.05) is 37.5 Å². The van der Waals surface area contributed by atoms with Crippen molar-refractivity contribution in [1.29, 1.82) is 0 Å². The largest absolute Gasteiger partial charge is 0.488 e. The first kappa shape index (κ1) is 14.8. The molecule has 4 rings (SSSR count). The van der Waals surface area contributed by atoms with E-state index < -0.39 is 0 Å². The van der Waals surface area contributed by atoms with Crippen molar-refractivity contribution in [2.24, 2.45) is 0 Å². The molecule has 1 aliphatic carbocycles. The van der Waals surface area contributed by atoms with Gasteiger partial charge in [0.2, 0.25) is 5.91 Å². The summed E-state index contributed by atoms with van der Waals surface area (Å²) in [7, 11) is 0. The van der Waals surface area contributed by atoms with Gasteiger partial charge in [0.1, 0.15) is 18.5 Å². The predicted octanol–water partition coefficient (Wildman–Crippen LogP) is 2.94. The van der Waals surface area contributed by atoms with Gasteiger partial charge in [0.25, 0.3) is 0 Å². The molecule has 2 aliphatic heterocycles. The van der Waals surface area contributed by atoms with Crippen molar-refractivity contribution in [3.63, 3.8) is 0 Å². The Morgan fingerprint density at radius 3 is 2.83 bits per heavy atom. The van der Waals surface area contributed by atoms with E-state index in [9.17, 15) is 4.79 Å². The van der Waals surface area contributed by atoms with Crippen molar-refractivity contribution in [1.82, 2.24) is 10.2 Å². The lowest BCUT2D eigenvalue weighted by molar-refractivity contribution is -0.133. The zero-order valence-electron chi connectivity index (χ0n) is 13.7. The van der Waals surface area contributed by atoms with Gasteiger partial charge in [0.05, 0.1) is 5.54 Å². The van der Waals surface area contributed by atoms with Crippen LogP contribution in [0.1, 0.15) is 44.6 Å². The Morgan fingerprint density at radius 2 is 2.04 bits per heavy atom. The van der Waals surface area contributed by atoms with Crippen LogP contribution in [0, 0.1) is 0 Å². The molecule has 1 saturated carbocycles. The summed E-state index contributed by atoms with van der Waals surface area (Å²) in [5.74, 6) is 1.21. The average Bonchev–Trinajstić information content (AvgIpc) is 2.87. The van der Waals surface area contributed by atoms with Gasteiger partial charge in [0, 0.05) is 17.7 Å². The Labute approximate surface area is 137 Å². The Bertz CT molecular complexity index is 647. The zero-order chi connectivity index (χ0) is 15.9. The molecule has 1 N–H and O–H groups in total. The third kappa shape index (κ3) is 2.36. The highest BCUT2D eigenvalue weighted by Crippen LogP contribution is 2.38. The van der Waals surface area contributed by atoms with Crippen molar-refractivity contribution >= 4 is 12.0 Å². The number of ether oxygens (including phenoxy) is 1. The third-order valence-corrected chi connectivity index (χ3v) is 5.45. The average molecular weight is 312 g/mol. The molecular formula is C19H24N2O2. The molecule has 1 aromatic rings. The van der Waals surface area contributed by atoms with E-state index in [0.29, 0.717) is 6.61 Å². The third-order valence-electron chi connectivity index (χ3n) is 5.45. The molecule has 122 valence electrons. The second-order valence-electron chi connectivity index (χ2n) is 6.83.